The summed E-state index contributed by atoms with van der Waals surface area (Å²) in [6.07, 6.45) is 1.22. The molecule has 0 unspecified atom stereocenters. The van der Waals surface area contributed by atoms with E-state index in [1.54, 1.807) is 0 Å². The van der Waals surface area contributed by atoms with Gasteiger partial charge in [0.25, 0.3) is 0 Å². The Bertz CT molecular complexity index is 110. The van der Waals surface area contributed by atoms with Gasteiger partial charge in [0.05, 0.1) is 6.61 Å². The monoisotopic (exact) mass is 171 g/mol. The Balaban J connectivity index is 2.97. The van der Waals surface area contributed by atoms with Crippen LogP contribution in [0.5, 0.6) is 0 Å². The van der Waals surface area contributed by atoms with Crippen LogP contribution < -0.4 is 0 Å². The molecule has 0 fully saturated rings. The van der Waals surface area contributed by atoms with E-state index in [1.807, 2.05) is 6.92 Å². The van der Waals surface area contributed by atoms with Gasteiger partial charge in [-0.05, 0) is 13.3 Å². The maximum absolute atomic E-state index is 5.36. The molecule has 1 radical (unpaired) electrons. The van der Waals surface area contributed by atoms with Crippen LogP contribution in [0.25, 0.3) is 0 Å². The van der Waals surface area contributed by atoms with Gasteiger partial charge >= 0.3 is 0 Å². The topological polar surface area (TPSA) is 9.23 Å². The van der Waals surface area contributed by atoms with Gasteiger partial charge in [0.1, 0.15) is 0 Å². The van der Waals surface area contributed by atoms with Crippen molar-refractivity contribution in [3.8, 4) is 0 Å². The van der Waals surface area contributed by atoms with E-state index in [9.17, 15) is 0 Å². The van der Waals surface area contributed by atoms with Gasteiger partial charge in [-0.2, -0.15) is 0 Å². The Morgan fingerprint density at radius 3 is 2.55 bits per heavy atom. The van der Waals surface area contributed by atoms with Crippen LogP contribution in [0.4, 0.5) is 0 Å². The summed E-state index contributed by atoms with van der Waals surface area (Å²) in [7, 11) is -0.0375. The van der Waals surface area contributed by atoms with Crippen molar-refractivity contribution in [1.29, 1.82) is 0 Å². The van der Waals surface area contributed by atoms with Gasteiger partial charge in [-0.15, -0.1) is 0 Å². The van der Waals surface area contributed by atoms with Crippen LogP contribution in [0.15, 0.2) is 12.2 Å². The lowest BCUT2D eigenvalue weighted by Crippen LogP contribution is -2.03. The maximum Gasteiger partial charge on any atom is 0.0671 e. The molecular formula is C9H19OSi. The zero-order valence-corrected chi connectivity index (χ0v) is 8.94. The van der Waals surface area contributed by atoms with Gasteiger partial charge in [-0.3, -0.25) is 0 Å². The van der Waals surface area contributed by atoms with Crippen LogP contribution in [-0.4, -0.2) is 22.0 Å². The molecule has 0 aliphatic heterocycles. The molecule has 0 aromatic rings. The Morgan fingerprint density at radius 2 is 2.09 bits per heavy atom. The van der Waals surface area contributed by atoms with E-state index in [1.165, 1.54) is 12.5 Å². The van der Waals surface area contributed by atoms with Gasteiger partial charge < -0.3 is 4.74 Å². The van der Waals surface area contributed by atoms with Crippen molar-refractivity contribution in [1.82, 2.24) is 0 Å². The predicted octanol–water partition coefficient (Wildman–Crippen LogP) is 2.72. The molecule has 0 aliphatic rings. The zero-order valence-electron chi connectivity index (χ0n) is 7.94. The van der Waals surface area contributed by atoms with E-state index >= 15 is 0 Å². The number of rotatable bonds is 6. The smallest absolute Gasteiger partial charge is 0.0671 e. The molecule has 0 atom stereocenters. The second-order valence-electron chi connectivity index (χ2n) is 3.32. The van der Waals surface area contributed by atoms with Crippen molar-refractivity contribution in [2.24, 2.45) is 0 Å². The first-order valence-electron chi connectivity index (χ1n) is 4.14. The fourth-order valence-corrected chi connectivity index (χ4v) is 1.63. The molecular weight excluding hydrogens is 152 g/mol. The number of hydrogen-bond acceptors (Lipinski definition) is 1. The molecule has 0 saturated carbocycles. The van der Waals surface area contributed by atoms with Gasteiger partial charge in [-0.25, -0.2) is 0 Å². The van der Waals surface area contributed by atoms with Crippen LogP contribution in [0.3, 0.4) is 0 Å². The lowest BCUT2D eigenvalue weighted by molar-refractivity contribution is 0.157. The third kappa shape index (κ3) is 9.92. The molecule has 65 valence electrons. The average Bonchev–Trinajstić information content (AvgIpc) is 1.85. The van der Waals surface area contributed by atoms with Gasteiger partial charge in [0.15, 0.2) is 0 Å². The molecule has 0 heterocycles. The summed E-state index contributed by atoms with van der Waals surface area (Å²) in [5, 5.41) is 0. The lowest BCUT2D eigenvalue weighted by atomic mass is 10.4. The first kappa shape index (κ1) is 10.9. The summed E-state index contributed by atoms with van der Waals surface area (Å²) in [6, 6.07) is 1.36. The molecule has 0 spiro atoms. The van der Waals surface area contributed by atoms with E-state index < -0.39 is 0 Å². The Kier molecular flexibility index (Phi) is 6.57. The Labute approximate surface area is 72.1 Å². The third-order valence-corrected chi connectivity index (χ3v) is 2.67. The highest BCUT2D eigenvalue weighted by molar-refractivity contribution is 6.55. The fourth-order valence-electron chi connectivity index (χ4n) is 0.774. The van der Waals surface area contributed by atoms with Crippen molar-refractivity contribution in [3.63, 3.8) is 0 Å². The molecule has 1 nitrogen and oxygen atoms in total. The molecule has 2 heteroatoms. The van der Waals surface area contributed by atoms with Crippen LogP contribution in [0.2, 0.25) is 19.1 Å². The highest BCUT2D eigenvalue weighted by Gasteiger charge is 1.95. The molecule has 11 heavy (non-hydrogen) atoms. The van der Waals surface area contributed by atoms with E-state index in [0.29, 0.717) is 0 Å². The predicted molar refractivity (Wildman–Crippen MR) is 52.5 cm³/mol. The average molecular weight is 171 g/mol. The summed E-state index contributed by atoms with van der Waals surface area (Å²) >= 11 is 0. The minimum Gasteiger partial charge on any atom is -0.377 e. The van der Waals surface area contributed by atoms with Gasteiger partial charge in [0, 0.05) is 15.4 Å². The van der Waals surface area contributed by atoms with E-state index in [0.717, 1.165) is 18.8 Å². The highest BCUT2D eigenvalue weighted by atomic mass is 28.3. The zero-order chi connectivity index (χ0) is 8.69. The van der Waals surface area contributed by atoms with Gasteiger partial charge in [-0.1, -0.05) is 31.3 Å². The minimum absolute atomic E-state index is 0.0375. The van der Waals surface area contributed by atoms with Crippen molar-refractivity contribution in [3.05, 3.63) is 12.2 Å². The van der Waals surface area contributed by atoms with Crippen molar-refractivity contribution in [2.75, 3.05) is 13.2 Å². The summed E-state index contributed by atoms with van der Waals surface area (Å²) in [4.78, 5) is 0. The number of hydrogen-bond donors (Lipinski definition) is 0. The second-order valence-corrected chi connectivity index (χ2v) is 6.23. The van der Waals surface area contributed by atoms with Crippen LogP contribution in [0.1, 0.15) is 13.3 Å². The summed E-state index contributed by atoms with van der Waals surface area (Å²) in [5.74, 6) is 0. The first-order chi connectivity index (χ1) is 5.13. The van der Waals surface area contributed by atoms with Crippen molar-refractivity contribution in [2.45, 2.75) is 32.5 Å². The molecule has 0 amide bonds. The number of ether oxygens (including phenoxy) is 1. The van der Waals surface area contributed by atoms with E-state index in [-0.39, 0.29) is 8.80 Å². The maximum atomic E-state index is 5.36. The molecule has 0 N–H and O–H groups in total. The third-order valence-electron chi connectivity index (χ3n) is 1.31. The highest BCUT2D eigenvalue weighted by Crippen LogP contribution is 1.98. The first-order valence-corrected chi connectivity index (χ1v) is 6.85. The largest absolute Gasteiger partial charge is 0.377 e. The Hall–Kier alpha value is -0.0831. The summed E-state index contributed by atoms with van der Waals surface area (Å²) in [5.41, 5.74) is 1.11. The van der Waals surface area contributed by atoms with Crippen LogP contribution in [0, 0.1) is 0 Å². The van der Waals surface area contributed by atoms with Crippen molar-refractivity contribution < 1.29 is 4.74 Å². The van der Waals surface area contributed by atoms with Crippen LogP contribution in [-0.2, 0) is 4.74 Å². The SMILES string of the molecule is C=C(C)COCCC[Si](C)C. The molecule has 0 saturated heterocycles. The molecule has 0 bridgehead atoms. The normalized spacial score (nSPS) is 10.5. The van der Waals surface area contributed by atoms with Gasteiger partial charge in [0.2, 0.25) is 0 Å². The summed E-state index contributed by atoms with van der Waals surface area (Å²) in [6.45, 7) is 12.1. The van der Waals surface area contributed by atoms with E-state index in [2.05, 4.69) is 19.7 Å². The van der Waals surface area contributed by atoms with Crippen LogP contribution >= 0.6 is 0 Å². The fraction of sp³-hybridized carbons (Fsp3) is 0.778. The lowest BCUT2D eigenvalue weighted by Gasteiger charge is -2.04. The minimum atomic E-state index is -0.0375. The Morgan fingerprint density at radius 1 is 1.45 bits per heavy atom. The standard InChI is InChI=1S/C9H19OSi/c1-9(2)8-10-6-5-7-11(3)4/h1,5-8H2,2-4H3. The molecule has 0 rings (SSSR count). The second kappa shape index (κ2) is 6.62. The van der Waals surface area contributed by atoms with Crippen molar-refractivity contribution >= 4 is 8.80 Å². The van der Waals surface area contributed by atoms with E-state index in [4.69, 9.17) is 4.74 Å². The molecule has 0 aromatic heterocycles. The quantitative estimate of drug-likeness (QED) is 0.339. The molecule has 0 aliphatic carbocycles. The molecule has 0 aromatic carbocycles. The summed E-state index contributed by atoms with van der Waals surface area (Å²) < 4.78 is 5.36.